The number of hydrogen-bond acceptors (Lipinski definition) is 5. The fraction of sp³-hybridized carbons (Fsp3) is 0.318. The number of hydrogen-bond donors (Lipinski definition) is 1. The molecular weight excluding hydrogens is 477 g/mol. The minimum atomic E-state index is -0.660. The van der Waals surface area contributed by atoms with Gasteiger partial charge in [0.15, 0.2) is 5.79 Å². The standard InChI is InChI=1S/C22H24ClN3O2S.2ClH/c23-18-3-1-17(2-4-18)9-10-22(15-26-12-11-25-16-26)27-13-20(28-22)14-29-21-7-5-19(24)6-8-21;;/h1-8,11-12,16,20H,9-10,13-15,24H2;2*1H/t20-,22-;;/m0../s1. The van der Waals surface area contributed by atoms with Crippen LogP contribution >= 0.6 is 48.2 Å². The normalized spacial score (nSPS) is 20.1. The van der Waals surface area contributed by atoms with Crippen LogP contribution in [0.15, 0.2) is 72.1 Å². The van der Waals surface area contributed by atoms with E-state index >= 15 is 0 Å². The number of anilines is 1. The molecule has 0 amide bonds. The number of nitrogens with zero attached hydrogens (tertiary/aromatic N) is 2. The van der Waals surface area contributed by atoms with Gasteiger partial charge < -0.3 is 19.8 Å². The molecule has 0 radical (unpaired) electrons. The van der Waals surface area contributed by atoms with Crippen LogP contribution in [0.4, 0.5) is 5.69 Å². The lowest BCUT2D eigenvalue weighted by molar-refractivity contribution is -0.180. The molecule has 1 aliphatic heterocycles. The van der Waals surface area contributed by atoms with Crippen molar-refractivity contribution in [3.8, 4) is 0 Å². The van der Waals surface area contributed by atoms with Crippen LogP contribution in [0.1, 0.15) is 12.0 Å². The highest BCUT2D eigenvalue weighted by atomic mass is 35.5. The van der Waals surface area contributed by atoms with E-state index in [1.807, 2.05) is 47.2 Å². The van der Waals surface area contributed by atoms with Gasteiger partial charge in [-0.1, -0.05) is 23.7 Å². The monoisotopic (exact) mass is 501 g/mol. The molecule has 0 bridgehead atoms. The number of imidazole rings is 1. The fourth-order valence-electron chi connectivity index (χ4n) is 3.39. The first-order valence-electron chi connectivity index (χ1n) is 9.61. The molecule has 0 spiro atoms. The number of thioether (sulfide) groups is 1. The Morgan fingerprint density at radius 2 is 1.87 bits per heavy atom. The smallest absolute Gasteiger partial charge is 0.187 e. The van der Waals surface area contributed by atoms with Crippen molar-refractivity contribution in [1.29, 1.82) is 0 Å². The Hall–Kier alpha value is -1.41. The maximum absolute atomic E-state index is 6.47. The Kier molecular flexibility index (Phi) is 10.0. The second-order valence-corrected chi connectivity index (χ2v) is 8.73. The summed E-state index contributed by atoms with van der Waals surface area (Å²) in [5, 5.41) is 0.745. The summed E-state index contributed by atoms with van der Waals surface area (Å²) in [5.41, 5.74) is 7.75. The summed E-state index contributed by atoms with van der Waals surface area (Å²) in [5.74, 6) is 0.170. The molecule has 2 heterocycles. The van der Waals surface area contributed by atoms with Crippen LogP contribution in [0.25, 0.3) is 0 Å². The number of aryl methyl sites for hydroxylation is 1. The van der Waals surface area contributed by atoms with Crippen molar-refractivity contribution in [3.05, 3.63) is 77.8 Å². The number of halogens is 3. The Bertz CT molecular complexity index is 911. The van der Waals surface area contributed by atoms with Gasteiger partial charge >= 0.3 is 0 Å². The average molecular weight is 503 g/mol. The molecule has 168 valence electrons. The van der Waals surface area contributed by atoms with Crippen molar-refractivity contribution in [2.75, 3.05) is 18.1 Å². The average Bonchev–Trinajstić information content (AvgIpc) is 3.38. The highest BCUT2D eigenvalue weighted by Crippen LogP contribution is 2.33. The van der Waals surface area contributed by atoms with Gasteiger partial charge in [-0.2, -0.15) is 0 Å². The first-order valence-corrected chi connectivity index (χ1v) is 11.0. The van der Waals surface area contributed by atoms with E-state index < -0.39 is 5.79 Å². The first kappa shape index (κ1) is 25.8. The van der Waals surface area contributed by atoms with Crippen molar-refractivity contribution >= 4 is 53.9 Å². The zero-order chi connectivity index (χ0) is 20.1. The molecular formula is C22H26Cl3N3O2S. The molecule has 1 fully saturated rings. The molecule has 2 aromatic carbocycles. The molecule has 4 rings (SSSR count). The summed E-state index contributed by atoms with van der Waals surface area (Å²) in [6, 6.07) is 15.9. The van der Waals surface area contributed by atoms with E-state index in [-0.39, 0.29) is 30.9 Å². The Balaban J connectivity index is 0.00000171. The van der Waals surface area contributed by atoms with Crippen molar-refractivity contribution in [1.82, 2.24) is 9.55 Å². The first-order chi connectivity index (χ1) is 14.1. The zero-order valence-corrected chi connectivity index (χ0v) is 20.1. The highest BCUT2D eigenvalue weighted by molar-refractivity contribution is 7.99. The van der Waals surface area contributed by atoms with E-state index in [1.165, 1.54) is 10.5 Å². The number of benzene rings is 2. The Morgan fingerprint density at radius 1 is 1.13 bits per heavy atom. The summed E-state index contributed by atoms with van der Waals surface area (Å²) in [6.07, 6.45) is 7.15. The van der Waals surface area contributed by atoms with Crippen LogP contribution in [0.2, 0.25) is 5.02 Å². The topological polar surface area (TPSA) is 62.3 Å². The zero-order valence-electron chi connectivity index (χ0n) is 16.9. The van der Waals surface area contributed by atoms with E-state index in [0.29, 0.717) is 13.2 Å². The van der Waals surface area contributed by atoms with E-state index in [2.05, 4.69) is 17.1 Å². The molecule has 0 unspecified atom stereocenters. The number of nitrogen functional groups attached to an aromatic ring is 1. The van der Waals surface area contributed by atoms with Gasteiger partial charge in [0.05, 0.1) is 25.6 Å². The van der Waals surface area contributed by atoms with Crippen molar-refractivity contribution in [3.63, 3.8) is 0 Å². The van der Waals surface area contributed by atoms with Gasteiger partial charge in [0.2, 0.25) is 0 Å². The molecule has 0 aliphatic carbocycles. The van der Waals surface area contributed by atoms with E-state index in [9.17, 15) is 0 Å². The summed E-state index contributed by atoms with van der Waals surface area (Å²) in [7, 11) is 0. The molecule has 2 atom stereocenters. The predicted octanol–water partition coefficient (Wildman–Crippen LogP) is 5.50. The molecule has 0 saturated carbocycles. The summed E-state index contributed by atoms with van der Waals surface area (Å²) >= 11 is 7.76. The van der Waals surface area contributed by atoms with Crippen LogP contribution in [-0.4, -0.2) is 33.8 Å². The summed E-state index contributed by atoms with van der Waals surface area (Å²) < 4.78 is 14.7. The van der Waals surface area contributed by atoms with Gasteiger partial charge in [-0.05, 0) is 48.4 Å². The SMILES string of the molecule is Cl.Cl.Nc1ccc(SC[C@@H]2CO[C@](CCc3ccc(Cl)cc3)(Cn3ccnc3)O2)cc1. The molecule has 5 nitrogen and oxygen atoms in total. The van der Waals surface area contributed by atoms with Gasteiger partial charge in [0, 0.05) is 40.2 Å². The number of rotatable bonds is 8. The van der Waals surface area contributed by atoms with Crippen molar-refractivity contribution in [2.24, 2.45) is 0 Å². The number of nitrogens with two attached hydrogens (primary N) is 1. The van der Waals surface area contributed by atoms with Crippen LogP contribution in [0, 0.1) is 0 Å². The van der Waals surface area contributed by atoms with Crippen LogP contribution in [0.5, 0.6) is 0 Å². The summed E-state index contributed by atoms with van der Waals surface area (Å²) in [6.45, 7) is 1.20. The van der Waals surface area contributed by atoms with Crippen LogP contribution in [-0.2, 0) is 22.4 Å². The van der Waals surface area contributed by atoms with Crippen molar-refractivity contribution in [2.45, 2.75) is 36.2 Å². The number of aromatic nitrogens is 2. The fourth-order valence-corrected chi connectivity index (χ4v) is 4.39. The van der Waals surface area contributed by atoms with Gasteiger partial charge in [0.25, 0.3) is 0 Å². The quantitative estimate of drug-likeness (QED) is 0.325. The minimum Gasteiger partial charge on any atom is -0.399 e. The molecule has 1 aromatic heterocycles. The second-order valence-electron chi connectivity index (χ2n) is 7.20. The van der Waals surface area contributed by atoms with Crippen LogP contribution in [0.3, 0.4) is 0 Å². The predicted molar refractivity (Wildman–Crippen MR) is 132 cm³/mol. The lowest BCUT2D eigenvalue weighted by atomic mass is 10.0. The minimum absolute atomic E-state index is 0. The Labute approximate surface area is 204 Å². The lowest BCUT2D eigenvalue weighted by Crippen LogP contribution is -2.37. The largest absolute Gasteiger partial charge is 0.399 e. The van der Waals surface area contributed by atoms with Crippen LogP contribution < -0.4 is 5.73 Å². The molecule has 3 aromatic rings. The molecule has 1 saturated heterocycles. The third-order valence-corrected chi connectivity index (χ3v) is 6.32. The molecule has 2 N–H and O–H groups in total. The summed E-state index contributed by atoms with van der Waals surface area (Å²) in [4.78, 5) is 5.33. The van der Waals surface area contributed by atoms with E-state index in [0.717, 1.165) is 29.3 Å². The third-order valence-electron chi connectivity index (χ3n) is 4.92. The maximum atomic E-state index is 6.47. The van der Waals surface area contributed by atoms with Gasteiger partial charge in [-0.25, -0.2) is 4.98 Å². The third kappa shape index (κ3) is 7.31. The van der Waals surface area contributed by atoms with Crippen molar-refractivity contribution < 1.29 is 9.47 Å². The Morgan fingerprint density at radius 3 is 2.55 bits per heavy atom. The number of ether oxygens (including phenoxy) is 2. The second kappa shape index (κ2) is 12.0. The molecule has 31 heavy (non-hydrogen) atoms. The van der Waals surface area contributed by atoms with Gasteiger partial charge in [-0.15, -0.1) is 36.6 Å². The highest BCUT2D eigenvalue weighted by Gasteiger charge is 2.41. The lowest BCUT2D eigenvalue weighted by Gasteiger charge is -2.28. The van der Waals surface area contributed by atoms with E-state index in [1.54, 1.807) is 24.3 Å². The van der Waals surface area contributed by atoms with Gasteiger partial charge in [-0.3, -0.25) is 0 Å². The molecule has 9 heteroatoms. The van der Waals surface area contributed by atoms with Gasteiger partial charge in [0.1, 0.15) is 0 Å². The maximum Gasteiger partial charge on any atom is 0.187 e. The van der Waals surface area contributed by atoms with E-state index in [4.69, 9.17) is 26.8 Å². The molecule has 1 aliphatic rings.